The van der Waals surface area contributed by atoms with Crippen LogP contribution in [0.4, 0.5) is 0 Å². The average molecular weight is 1340 g/mol. The molecule has 0 bridgehead atoms. The molecule has 30 atom stereocenters. The molecule has 0 aromatic heterocycles. The predicted octanol–water partition coefficient (Wildman–Crippen LogP) is 19.0. The van der Waals surface area contributed by atoms with Gasteiger partial charge in [-0.05, 0) is 301 Å². The Morgan fingerprint density at radius 1 is 0.412 bits per heavy atom. The van der Waals surface area contributed by atoms with E-state index in [0.29, 0.717) is 106 Å². The first-order valence-corrected chi connectivity index (χ1v) is 41.0. The molecule has 0 amide bonds. The number of rotatable bonds is 0. The predicted molar refractivity (Wildman–Crippen MR) is 394 cm³/mol. The van der Waals surface area contributed by atoms with Gasteiger partial charge in [-0.15, -0.1) is 0 Å². The Labute approximate surface area is 591 Å². The topological polar surface area (TPSA) is 97.4 Å². The van der Waals surface area contributed by atoms with E-state index < -0.39 is 0 Å². The quantitative estimate of drug-likeness (QED) is 0.238. The average Bonchev–Trinajstić information content (AvgIpc) is 1.72. The maximum Gasteiger partial charge on any atom is 0.133 e. The summed E-state index contributed by atoms with van der Waals surface area (Å²) in [4.78, 5) is 41.8. The molecule has 18 aliphatic rings. The number of piperidine rings is 3. The van der Waals surface area contributed by atoms with E-state index in [1.54, 1.807) is 16.7 Å². The first-order valence-electron chi connectivity index (χ1n) is 41.0. The van der Waals surface area contributed by atoms with Gasteiger partial charge in [-0.2, -0.15) is 0 Å². The number of fused-ring (bicyclic) bond motifs is 18. The summed E-state index contributed by atoms with van der Waals surface area (Å²) in [6.07, 6.45) is 36.6. The Hall–Kier alpha value is -2.01. The third-order valence-electron chi connectivity index (χ3n) is 35.1. The van der Waals surface area contributed by atoms with E-state index in [-0.39, 0.29) is 31.7 Å². The lowest BCUT2D eigenvalue weighted by Crippen LogP contribution is -2.49. The van der Waals surface area contributed by atoms with Crippen LogP contribution in [0.1, 0.15) is 291 Å². The molecule has 9 heteroatoms. The van der Waals surface area contributed by atoms with Crippen molar-refractivity contribution in [1.82, 2.24) is 15.1 Å². The van der Waals surface area contributed by atoms with Crippen molar-refractivity contribution in [2.24, 2.45) is 123 Å². The Kier molecular flexibility index (Phi) is 19.5. The summed E-state index contributed by atoms with van der Waals surface area (Å²) in [5.74, 6) is 15.0. The number of likely N-dealkylation sites (N-methyl/N-ethyl adjacent to an activating group) is 2. The van der Waals surface area contributed by atoms with Crippen LogP contribution < -0.4 is 5.32 Å². The summed E-state index contributed by atoms with van der Waals surface area (Å²) in [6, 6.07) is 1.75. The van der Waals surface area contributed by atoms with Crippen LogP contribution in [0.15, 0.2) is 33.4 Å². The summed E-state index contributed by atoms with van der Waals surface area (Å²) >= 11 is 0. The van der Waals surface area contributed by atoms with Gasteiger partial charge < -0.3 is 29.3 Å². The number of hydrogen-bond donors (Lipinski definition) is 1. The number of likely N-dealkylation sites (tertiary alicyclic amines) is 2. The molecule has 9 saturated carbocycles. The maximum absolute atomic E-state index is 12.2. The molecule has 18 rings (SSSR count). The van der Waals surface area contributed by atoms with Gasteiger partial charge in [-0.3, -0.25) is 14.4 Å². The van der Waals surface area contributed by atoms with Gasteiger partial charge in [0.05, 0.1) is 35.1 Å². The summed E-state index contributed by atoms with van der Waals surface area (Å²) < 4.78 is 21.2. The number of Topliss-reactive ketones (excluding diaryl/α,β-unsaturated/α-hetero) is 3. The molecule has 97 heavy (non-hydrogen) atoms. The molecule has 0 unspecified atom stereocenters. The molecule has 1 N–H and O–H groups in total. The van der Waals surface area contributed by atoms with E-state index in [0.717, 1.165) is 155 Å². The standard InChI is InChI=1S/2C29H45NO2.C28H43NO2.2CH4/c2*1-17-12-26-27(30(5)16-17)19(3)29(32-26)11-9-22-23-7-6-20-13-21(31)8-10-28(20,4)25(23)14-24(22)18(2)15-29;1-16-11-25-26(29-15-16)18(3)28(31-25)10-8-21-22-6-5-19-12-20(30)7-9-27(19,4)24(22)13-23(21)17(2)14-28;;/h2*17,19-20,22-23,25-27H,6-16H2,1-5H3;16,18-19,21-22,24-26,29H,5-15H2,1-4H3;2*1H4/t2*17-,19+,20+,22-,23-,25-,26+,27-,28-,29-;16-,18+,19+,21-,22-,24-,25+,26-,27-,28-;;/m000../s1. The highest BCUT2D eigenvalue weighted by atomic mass is 16.5. The van der Waals surface area contributed by atoms with Crippen molar-refractivity contribution < 1.29 is 28.6 Å². The monoisotopic (exact) mass is 1340 g/mol. The van der Waals surface area contributed by atoms with E-state index >= 15 is 0 Å². The zero-order valence-corrected chi connectivity index (χ0v) is 62.5. The van der Waals surface area contributed by atoms with Gasteiger partial charge >= 0.3 is 0 Å². The van der Waals surface area contributed by atoms with Gasteiger partial charge in [0.15, 0.2) is 0 Å². The van der Waals surface area contributed by atoms with Gasteiger partial charge in [0.1, 0.15) is 17.3 Å². The fourth-order valence-electron chi connectivity index (χ4n) is 30.0. The number of nitrogens with zero attached hydrogens (tertiary/aromatic N) is 2. The number of carbonyl (C=O) groups is 3. The molecular weight excluding hydrogens is 1190 g/mol. The highest BCUT2D eigenvalue weighted by Gasteiger charge is 2.65. The zero-order chi connectivity index (χ0) is 66.4. The van der Waals surface area contributed by atoms with Crippen molar-refractivity contribution in [2.75, 3.05) is 33.7 Å². The number of ketones is 3. The van der Waals surface area contributed by atoms with E-state index in [1.165, 1.54) is 129 Å². The lowest BCUT2D eigenvalue weighted by atomic mass is 9.52. The zero-order valence-electron chi connectivity index (χ0n) is 62.5. The molecule has 15 fully saturated rings. The van der Waals surface area contributed by atoms with Crippen LogP contribution in [0.25, 0.3) is 0 Å². The molecule has 6 aliphatic heterocycles. The molecule has 544 valence electrons. The Morgan fingerprint density at radius 2 is 0.742 bits per heavy atom. The lowest BCUT2D eigenvalue weighted by Gasteiger charge is -2.52. The van der Waals surface area contributed by atoms with Crippen LogP contribution in [0, 0.1) is 123 Å². The Bertz CT molecular complexity index is 2970. The van der Waals surface area contributed by atoms with Crippen LogP contribution >= 0.6 is 0 Å². The highest BCUT2D eigenvalue weighted by molar-refractivity contribution is 5.80. The number of allylic oxidation sites excluding steroid dienone is 3. The molecule has 0 aromatic carbocycles. The van der Waals surface area contributed by atoms with Crippen LogP contribution in [0.5, 0.6) is 0 Å². The first kappa shape index (κ1) is 72.0. The van der Waals surface area contributed by atoms with E-state index in [1.807, 2.05) is 16.7 Å². The Morgan fingerprint density at radius 3 is 1.10 bits per heavy atom. The normalized spacial score (nSPS) is 52.7. The number of hydrogen-bond acceptors (Lipinski definition) is 9. The van der Waals surface area contributed by atoms with Gasteiger partial charge in [0, 0.05) is 87.5 Å². The molecule has 6 saturated heterocycles. The molecule has 0 aromatic rings. The Balaban J connectivity index is 0.000000123. The summed E-state index contributed by atoms with van der Waals surface area (Å²) in [5, 5.41) is 3.85. The smallest absolute Gasteiger partial charge is 0.133 e. The summed E-state index contributed by atoms with van der Waals surface area (Å²) in [7, 11) is 4.67. The molecule has 3 spiro atoms. The second-order valence-corrected chi connectivity index (χ2v) is 39.7. The van der Waals surface area contributed by atoms with Gasteiger partial charge in [0.25, 0.3) is 0 Å². The molecule has 12 aliphatic carbocycles. The van der Waals surface area contributed by atoms with Crippen LogP contribution in [0.2, 0.25) is 0 Å². The van der Waals surface area contributed by atoms with E-state index in [9.17, 15) is 14.4 Å². The van der Waals surface area contributed by atoms with Gasteiger partial charge in [0.2, 0.25) is 0 Å². The fraction of sp³-hybridized carbons (Fsp3) is 0.898. The third kappa shape index (κ3) is 11.6. The van der Waals surface area contributed by atoms with Crippen molar-refractivity contribution in [1.29, 1.82) is 0 Å². The van der Waals surface area contributed by atoms with Crippen molar-refractivity contribution in [3.05, 3.63) is 33.4 Å². The van der Waals surface area contributed by atoms with E-state index in [4.69, 9.17) is 14.2 Å². The maximum atomic E-state index is 12.2. The minimum atomic E-state index is 0. The number of nitrogens with one attached hydrogen (secondary N) is 1. The van der Waals surface area contributed by atoms with Crippen molar-refractivity contribution in [2.45, 2.75) is 344 Å². The second-order valence-electron chi connectivity index (χ2n) is 39.7. The molecule has 6 heterocycles. The third-order valence-corrected chi connectivity index (χ3v) is 35.1. The highest BCUT2D eigenvalue weighted by Crippen LogP contribution is 2.69. The minimum Gasteiger partial charge on any atom is -0.369 e. The van der Waals surface area contributed by atoms with Crippen molar-refractivity contribution in [3.63, 3.8) is 0 Å². The molecule has 9 nitrogen and oxygen atoms in total. The fourth-order valence-corrected chi connectivity index (χ4v) is 30.0. The SMILES string of the molecule is C.C.CC1=C2C[C@H]3[C@@H](CC[C@@H]4CC(=O)CC[C@@]43C)[C@@H]2CC[C@@]2(C1)O[C@@H]1C[C@H](C)CN(C)[C@H]1[C@H]2C.CC1=C2C[C@H]3[C@@H](CC[C@@H]4CC(=O)CC[C@@]43C)[C@@H]2CC[C@@]2(C1)O[C@@H]1C[C@H](C)CN(C)[C@H]1[C@H]2C.CC1=C2C[C@H]3[C@@H](CC[C@@H]4CC(=O)CC[C@@]43C)[C@@H]2CC[C@@]2(C1)O[C@@H]1C[C@H](C)CN[C@H]1[C@H]2C. The molecular formula is C88H141N3O6. The van der Waals surface area contributed by atoms with Crippen molar-refractivity contribution >= 4 is 17.3 Å². The minimum absolute atomic E-state index is 0. The van der Waals surface area contributed by atoms with E-state index in [2.05, 4.69) is 112 Å². The number of ether oxygens (including phenoxy) is 3. The van der Waals surface area contributed by atoms with Gasteiger partial charge in [-0.1, -0.05) is 111 Å². The van der Waals surface area contributed by atoms with Crippen LogP contribution in [-0.2, 0) is 28.6 Å². The summed E-state index contributed by atoms with van der Waals surface area (Å²) in [6.45, 7) is 33.3. The van der Waals surface area contributed by atoms with Crippen molar-refractivity contribution in [3.8, 4) is 0 Å². The van der Waals surface area contributed by atoms with Gasteiger partial charge in [-0.25, -0.2) is 0 Å². The lowest BCUT2D eigenvalue weighted by molar-refractivity contribution is -0.130. The summed E-state index contributed by atoms with van der Waals surface area (Å²) in [5.41, 5.74) is 11.9. The first-order chi connectivity index (χ1) is 45.2. The largest absolute Gasteiger partial charge is 0.369 e. The molecule has 0 radical (unpaired) electrons. The number of carbonyl (C=O) groups excluding carboxylic acids is 3. The second kappa shape index (κ2) is 26.2. The van der Waals surface area contributed by atoms with Crippen LogP contribution in [-0.4, -0.2) is 114 Å². The van der Waals surface area contributed by atoms with Crippen LogP contribution in [0.3, 0.4) is 0 Å².